The van der Waals surface area contributed by atoms with Gasteiger partial charge in [0.2, 0.25) is 5.91 Å². The molecule has 0 radical (unpaired) electrons. The van der Waals surface area contributed by atoms with Crippen molar-refractivity contribution in [2.24, 2.45) is 58.7 Å². The summed E-state index contributed by atoms with van der Waals surface area (Å²) in [7, 11) is 3.41. The van der Waals surface area contributed by atoms with Crippen LogP contribution in [0.3, 0.4) is 0 Å². The maximum atomic E-state index is 12.0. The molecule has 12 rings (SSSR count). The van der Waals surface area contributed by atoms with Crippen LogP contribution in [0.1, 0.15) is 164 Å². The number of nitriles is 1. The van der Waals surface area contributed by atoms with E-state index in [2.05, 4.69) is 70.7 Å². The van der Waals surface area contributed by atoms with Gasteiger partial charge < -0.3 is 42.8 Å². The van der Waals surface area contributed by atoms with Crippen molar-refractivity contribution >= 4 is 59.7 Å². The van der Waals surface area contributed by atoms with Crippen molar-refractivity contribution in [1.29, 1.82) is 5.26 Å². The van der Waals surface area contributed by atoms with Gasteiger partial charge in [0.05, 0.1) is 12.0 Å². The van der Waals surface area contributed by atoms with E-state index < -0.39 is 48.3 Å². The summed E-state index contributed by atoms with van der Waals surface area (Å²) in [6, 6.07) is 9.26. The number of esters is 8. The second kappa shape index (κ2) is 33.2. The minimum atomic E-state index is -4.47. The first kappa shape index (κ1) is 78.6. The number of amides is 1. The van der Waals surface area contributed by atoms with E-state index in [9.17, 15) is 61.6 Å². The molecule has 11 aliphatic rings. The molecule has 9 aliphatic carbocycles. The SMILES string of the molecule is C=C(C)C(=O)N(C)C.C=C(C)C(=O)OC1(CC)C2CC3CC(C2)CC1C3.C=C(C)C(=O)OC1(CC)CCCC1.C=C(C)C(=O)OC1C2CC3C(=O)OC1C3C2.C=C(C)C(=O)OC1C2CC3C1OC(=O)C3(C#N)C2.C=C(C)C(=O)OCC(F)(F)F.C=Cc1ccc(OC(C)=O)cc1. The van der Waals surface area contributed by atoms with E-state index in [1.807, 2.05) is 12.1 Å². The fourth-order valence-corrected chi connectivity index (χ4v) is 15.2. The summed E-state index contributed by atoms with van der Waals surface area (Å²) in [5.41, 5.74) is 1.98. The lowest BCUT2D eigenvalue weighted by atomic mass is 9.49. The Balaban J connectivity index is 0.000000206. The predicted octanol–water partition coefficient (Wildman–Crippen LogP) is 13.1. The highest BCUT2D eigenvalue weighted by Crippen LogP contribution is 2.63. The van der Waals surface area contributed by atoms with Crippen LogP contribution in [0.5, 0.6) is 5.75 Å². The zero-order valence-electron chi connectivity index (χ0n) is 57.6. The first-order chi connectivity index (χ1) is 44.8. The average molecular weight is 1340 g/mol. The van der Waals surface area contributed by atoms with Crippen LogP contribution in [0, 0.1) is 70.0 Å². The molecule has 11 fully saturated rings. The number of likely N-dealkylation sites (N-methyl/N-ethyl adjacent to an activating group) is 1. The summed E-state index contributed by atoms with van der Waals surface area (Å²) in [4.78, 5) is 103. The number of rotatable bonds is 15. The van der Waals surface area contributed by atoms with Crippen LogP contribution in [0.4, 0.5) is 13.2 Å². The Bertz CT molecular complexity index is 3190. The Morgan fingerprint density at radius 3 is 1.56 bits per heavy atom. The molecule has 0 spiro atoms. The summed E-state index contributed by atoms with van der Waals surface area (Å²) >= 11 is 0. The van der Waals surface area contributed by atoms with E-state index in [4.69, 9.17) is 33.2 Å². The highest BCUT2D eigenvalue weighted by atomic mass is 19.4. The van der Waals surface area contributed by atoms with Gasteiger partial charge >= 0.3 is 53.9 Å². The number of nitrogens with zero attached hydrogens (tertiary/aromatic N) is 2. The third kappa shape index (κ3) is 19.4. The summed E-state index contributed by atoms with van der Waals surface area (Å²) < 4.78 is 75.5. The van der Waals surface area contributed by atoms with Gasteiger partial charge in [-0.2, -0.15) is 18.4 Å². The van der Waals surface area contributed by atoms with Crippen LogP contribution in [0.15, 0.2) is 104 Å². The van der Waals surface area contributed by atoms with E-state index in [0.29, 0.717) is 57.8 Å². The minimum absolute atomic E-state index is 0.00926. The third-order valence-corrected chi connectivity index (χ3v) is 19.7. The number of hydrogen-bond acceptors (Lipinski definition) is 18. The number of alkyl halides is 3. The molecule has 2 saturated heterocycles. The van der Waals surface area contributed by atoms with Crippen LogP contribution in [-0.4, -0.2) is 121 Å². The minimum Gasteiger partial charge on any atom is -0.458 e. The van der Waals surface area contributed by atoms with Crippen molar-refractivity contribution in [1.82, 2.24) is 4.90 Å². The first-order valence-electron chi connectivity index (χ1n) is 32.8. The largest absolute Gasteiger partial charge is 0.458 e. The van der Waals surface area contributed by atoms with Crippen LogP contribution in [-0.2, 0) is 76.3 Å². The average Bonchev–Trinajstić information content (AvgIpc) is 1.11. The van der Waals surface area contributed by atoms with Gasteiger partial charge in [-0.3, -0.25) is 19.2 Å². The number of hydrogen-bond donors (Lipinski definition) is 0. The quantitative estimate of drug-likeness (QED) is 0.0684. The first-order valence-corrected chi connectivity index (χ1v) is 32.8. The Morgan fingerprint density at radius 1 is 0.646 bits per heavy atom. The Hall–Kier alpha value is -8.09. The van der Waals surface area contributed by atoms with Gasteiger partial charge in [-0.15, -0.1) is 0 Å². The van der Waals surface area contributed by atoms with Crippen molar-refractivity contribution in [3.63, 3.8) is 0 Å². The molecular weight excluding hydrogens is 1250 g/mol. The van der Waals surface area contributed by atoms with E-state index in [-0.39, 0.29) is 88.4 Å². The molecule has 19 nitrogen and oxygen atoms in total. The molecule has 526 valence electrons. The molecule has 9 saturated carbocycles. The Labute approximate surface area is 562 Å². The van der Waals surface area contributed by atoms with Gasteiger partial charge in [0.25, 0.3) is 0 Å². The molecule has 22 heteroatoms. The van der Waals surface area contributed by atoms with Gasteiger partial charge in [0.1, 0.15) is 41.4 Å². The number of benzene rings is 1. The maximum Gasteiger partial charge on any atom is 0.422 e. The molecule has 8 bridgehead atoms. The van der Waals surface area contributed by atoms with E-state index >= 15 is 0 Å². The summed E-state index contributed by atoms with van der Waals surface area (Å²) in [5, 5.41) is 9.22. The maximum absolute atomic E-state index is 12.0. The lowest BCUT2D eigenvalue weighted by Gasteiger charge is -2.60. The monoisotopic (exact) mass is 1340 g/mol. The van der Waals surface area contributed by atoms with Crippen LogP contribution < -0.4 is 4.74 Å². The predicted molar refractivity (Wildman–Crippen MR) is 350 cm³/mol. The molecule has 1 amide bonds. The molecule has 1 aromatic carbocycles. The van der Waals surface area contributed by atoms with Crippen molar-refractivity contribution in [2.75, 3.05) is 20.7 Å². The summed E-state index contributed by atoms with van der Waals surface area (Å²) in [5.74, 6) is 1.05. The molecule has 10 atom stereocenters. The molecule has 0 aromatic heterocycles. The van der Waals surface area contributed by atoms with E-state index in [1.165, 1.54) is 63.7 Å². The summed E-state index contributed by atoms with van der Waals surface area (Å²) in [6.45, 7) is 38.3. The third-order valence-electron chi connectivity index (χ3n) is 19.7. The van der Waals surface area contributed by atoms with Crippen LogP contribution >= 0.6 is 0 Å². The molecule has 10 unspecified atom stereocenters. The number of halogens is 3. The highest BCUT2D eigenvalue weighted by Gasteiger charge is 2.72. The van der Waals surface area contributed by atoms with Gasteiger partial charge in [-0.1, -0.05) is 78.1 Å². The number of fused-ring (bicyclic) bond motifs is 2. The zero-order valence-corrected chi connectivity index (χ0v) is 57.6. The van der Waals surface area contributed by atoms with E-state index in [0.717, 1.165) is 62.3 Å². The molecule has 0 N–H and O–H groups in total. The molecule has 2 aliphatic heterocycles. The summed E-state index contributed by atoms with van der Waals surface area (Å²) in [6.07, 6.45) is 11.8. The van der Waals surface area contributed by atoms with Crippen molar-refractivity contribution in [3.8, 4) is 11.8 Å². The Kier molecular flexibility index (Phi) is 27.2. The van der Waals surface area contributed by atoms with Crippen LogP contribution in [0.25, 0.3) is 6.08 Å². The second-order valence-electron chi connectivity index (χ2n) is 27.5. The lowest BCUT2D eigenvalue weighted by molar-refractivity contribution is -0.207. The van der Waals surface area contributed by atoms with Gasteiger partial charge in [-0.25, -0.2) is 24.0 Å². The van der Waals surface area contributed by atoms with Crippen LogP contribution in [0.2, 0.25) is 0 Å². The molecule has 1 aromatic rings. The van der Waals surface area contributed by atoms with E-state index in [1.54, 1.807) is 66.9 Å². The molecule has 96 heavy (non-hydrogen) atoms. The van der Waals surface area contributed by atoms with Gasteiger partial charge in [0.15, 0.2) is 12.0 Å². The second-order valence-corrected chi connectivity index (χ2v) is 27.5. The van der Waals surface area contributed by atoms with Gasteiger partial charge in [-0.05, 0) is 179 Å². The Morgan fingerprint density at radius 2 is 1.15 bits per heavy atom. The van der Waals surface area contributed by atoms with Gasteiger partial charge in [0, 0.05) is 78.1 Å². The fourth-order valence-electron chi connectivity index (χ4n) is 15.2. The van der Waals surface area contributed by atoms with Crippen molar-refractivity contribution < 1.29 is 94.2 Å². The fraction of sp³-hybridized carbons (Fsp3) is 0.595. The zero-order chi connectivity index (χ0) is 72.1. The number of carbonyl (C=O) groups excluding carboxylic acids is 9. The molecular formula is C74H97F3N2O17. The topological polar surface area (TPSA) is 254 Å². The molecule has 2 heterocycles. The number of carbonyl (C=O) groups is 9. The highest BCUT2D eigenvalue weighted by molar-refractivity contribution is 5.92. The lowest BCUT2D eigenvalue weighted by Crippen LogP contribution is -2.59. The van der Waals surface area contributed by atoms with Crippen molar-refractivity contribution in [2.45, 2.75) is 200 Å². The van der Waals surface area contributed by atoms with Crippen molar-refractivity contribution in [3.05, 3.63) is 109 Å². The normalized spacial score (nSPS) is 29.6. The number of ether oxygens (including phenoxy) is 8. The smallest absolute Gasteiger partial charge is 0.422 e. The standard InChI is InChI=1S/C16H24O2.C13H13NO4.C12H14O4.C11H18O2.C10H10O2.C6H7F3O2.C6H11NO/c1-4-16(18-15(17)10(2)3)13-6-11-5-12(8-13)9-14(16)7-11;1-6(2)11(15)17-9-7-3-8-10(9)18-12(16)13(8,4-7)5-14;1-5(2)11(13)15-9-6-3-7-8(4-6)12(14)16-10(7)9;1-4-11(7-5-6-8-11)13-10(12)9(2)3;1-3-9-4-6-10(7-5-9)12-8(2)11;1-4(2)5(10)11-3-6(7,8)9;1-5(2)6(8)7(3)4/h11-14H,2,4-9H2,1,3H3;7-10H,1,3-4H2,2H3;6-10H,1,3-4H2,2H3;2,4-8H2,1,3H3;3-7H,1H2,2H3;1,3H2,2H3;1H2,2-4H3.